The molecule has 0 radical (unpaired) electrons. The summed E-state index contributed by atoms with van der Waals surface area (Å²) in [4.78, 5) is 20.3. The lowest BCUT2D eigenvalue weighted by molar-refractivity contribution is -0.122. The molecule has 26 heavy (non-hydrogen) atoms. The molecular formula is C21H32N4O. The van der Waals surface area contributed by atoms with Gasteiger partial charge in [0.1, 0.15) is 0 Å². The molecule has 1 aromatic heterocycles. The molecule has 3 aliphatic carbocycles. The van der Waals surface area contributed by atoms with E-state index in [2.05, 4.69) is 16.5 Å². The van der Waals surface area contributed by atoms with E-state index in [0.29, 0.717) is 17.9 Å². The predicted molar refractivity (Wildman–Crippen MR) is 101 cm³/mol. The van der Waals surface area contributed by atoms with Crippen LogP contribution in [0, 0.1) is 11.8 Å². The third-order valence-corrected chi connectivity index (χ3v) is 7.38. The highest BCUT2D eigenvalue weighted by molar-refractivity contribution is 5.96. The van der Waals surface area contributed by atoms with E-state index in [-0.39, 0.29) is 11.5 Å². The molecule has 1 amide bonds. The van der Waals surface area contributed by atoms with Crippen molar-refractivity contribution in [1.29, 1.82) is 0 Å². The van der Waals surface area contributed by atoms with Gasteiger partial charge < -0.3 is 0 Å². The second kappa shape index (κ2) is 6.35. The van der Waals surface area contributed by atoms with Gasteiger partial charge in [-0.15, -0.1) is 0 Å². The Balaban J connectivity index is 1.65. The molecule has 5 rings (SSSR count). The van der Waals surface area contributed by atoms with Crippen LogP contribution in [0.3, 0.4) is 0 Å². The van der Waals surface area contributed by atoms with Crippen molar-refractivity contribution in [2.24, 2.45) is 11.8 Å². The summed E-state index contributed by atoms with van der Waals surface area (Å²) < 4.78 is 2.27. The van der Waals surface area contributed by atoms with Gasteiger partial charge >= 0.3 is 0 Å². The zero-order chi connectivity index (χ0) is 17.7. The van der Waals surface area contributed by atoms with E-state index in [1.54, 1.807) is 0 Å². The predicted octanol–water partition coefficient (Wildman–Crippen LogP) is 4.21. The van der Waals surface area contributed by atoms with Gasteiger partial charge in [-0.2, -0.15) is 10.1 Å². The van der Waals surface area contributed by atoms with Crippen LogP contribution in [-0.2, 0) is 16.8 Å². The van der Waals surface area contributed by atoms with Crippen LogP contribution in [0.15, 0.2) is 0 Å². The van der Waals surface area contributed by atoms with Crippen LogP contribution in [0.5, 0.6) is 0 Å². The number of rotatable bonds is 3. The van der Waals surface area contributed by atoms with Crippen LogP contribution < -0.4 is 4.90 Å². The number of aromatic nitrogens is 3. The fraction of sp³-hybridized carbons (Fsp3) is 0.857. The van der Waals surface area contributed by atoms with Crippen LogP contribution in [0.1, 0.15) is 89.8 Å². The number of hydrogen-bond donors (Lipinski definition) is 0. The Hall–Kier alpha value is -1.39. The third-order valence-electron chi connectivity index (χ3n) is 7.38. The van der Waals surface area contributed by atoms with E-state index in [4.69, 9.17) is 10.1 Å². The van der Waals surface area contributed by atoms with E-state index in [0.717, 1.165) is 43.9 Å². The monoisotopic (exact) mass is 356 g/mol. The largest absolute Gasteiger partial charge is 0.277 e. The number of anilines is 1. The molecule has 1 spiro atoms. The fourth-order valence-corrected chi connectivity index (χ4v) is 6.02. The highest BCUT2D eigenvalue weighted by Gasteiger charge is 2.56. The average Bonchev–Trinajstić information content (AvgIpc) is 3.44. The zero-order valence-electron chi connectivity index (χ0n) is 16.1. The Morgan fingerprint density at radius 1 is 1.08 bits per heavy atom. The lowest BCUT2D eigenvalue weighted by atomic mass is 9.64. The van der Waals surface area contributed by atoms with Crippen molar-refractivity contribution < 1.29 is 4.79 Å². The van der Waals surface area contributed by atoms with Gasteiger partial charge in [0.05, 0.1) is 5.54 Å². The van der Waals surface area contributed by atoms with E-state index in [1.807, 2.05) is 0 Å². The Morgan fingerprint density at radius 3 is 2.58 bits per heavy atom. The van der Waals surface area contributed by atoms with Crippen LogP contribution in [0.2, 0.25) is 0 Å². The molecule has 0 saturated heterocycles. The van der Waals surface area contributed by atoms with Crippen LogP contribution in [-0.4, -0.2) is 26.7 Å². The van der Waals surface area contributed by atoms with E-state index < -0.39 is 0 Å². The van der Waals surface area contributed by atoms with E-state index in [1.165, 1.54) is 51.4 Å². The van der Waals surface area contributed by atoms with Crippen molar-refractivity contribution in [2.75, 3.05) is 4.90 Å². The number of nitrogens with zero attached hydrogens (tertiary/aromatic N) is 4. The second-order valence-electron chi connectivity index (χ2n) is 9.09. The van der Waals surface area contributed by atoms with Crippen molar-refractivity contribution in [1.82, 2.24) is 14.8 Å². The molecule has 1 aromatic rings. The first-order valence-corrected chi connectivity index (χ1v) is 11.0. The molecule has 5 nitrogen and oxygen atoms in total. The van der Waals surface area contributed by atoms with Crippen molar-refractivity contribution in [2.45, 2.75) is 102 Å². The van der Waals surface area contributed by atoms with Crippen molar-refractivity contribution >= 4 is 11.9 Å². The standard InChI is InChI=1S/C21H32N4O/c1-2-8-18-22-20-24(19(26)15-11-12-15)17-10-5-4-9-16(17)21(25(20)23-18)13-6-3-7-14-21/h15-17H,2-14H2,1H3. The zero-order valence-corrected chi connectivity index (χ0v) is 16.1. The quantitative estimate of drug-likeness (QED) is 0.815. The van der Waals surface area contributed by atoms with Crippen molar-refractivity contribution in [3.8, 4) is 0 Å². The highest BCUT2D eigenvalue weighted by Crippen LogP contribution is 2.53. The maximum absolute atomic E-state index is 13.3. The summed E-state index contributed by atoms with van der Waals surface area (Å²) in [5.41, 5.74) is 0.123. The lowest BCUT2D eigenvalue weighted by Crippen LogP contribution is -2.61. The van der Waals surface area contributed by atoms with Crippen LogP contribution in [0.4, 0.5) is 5.95 Å². The number of fused-ring (bicyclic) bond motifs is 4. The Kier molecular flexibility index (Phi) is 4.09. The molecular weight excluding hydrogens is 324 g/mol. The van der Waals surface area contributed by atoms with Gasteiger partial charge in [0.2, 0.25) is 11.9 Å². The second-order valence-corrected chi connectivity index (χ2v) is 9.09. The molecule has 4 aliphatic rings. The molecule has 0 aromatic carbocycles. The summed E-state index contributed by atoms with van der Waals surface area (Å²) in [5.74, 6) is 3.00. The van der Waals surface area contributed by atoms with Crippen molar-refractivity contribution in [3.63, 3.8) is 0 Å². The molecule has 0 N–H and O–H groups in total. The molecule has 3 saturated carbocycles. The summed E-state index contributed by atoms with van der Waals surface area (Å²) in [6, 6.07) is 0.362. The molecule has 2 atom stereocenters. The first-order valence-electron chi connectivity index (χ1n) is 11.0. The van der Waals surface area contributed by atoms with E-state index in [9.17, 15) is 4.79 Å². The summed E-state index contributed by atoms with van der Waals surface area (Å²) in [6.45, 7) is 2.18. The summed E-state index contributed by atoms with van der Waals surface area (Å²) in [7, 11) is 0. The first kappa shape index (κ1) is 16.8. The molecule has 2 unspecified atom stereocenters. The van der Waals surface area contributed by atoms with Crippen LogP contribution in [0.25, 0.3) is 0 Å². The maximum Gasteiger partial charge on any atom is 0.232 e. The number of carbonyl (C=O) groups excluding carboxylic acids is 1. The van der Waals surface area contributed by atoms with Crippen molar-refractivity contribution in [3.05, 3.63) is 5.82 Å². The molecule has 3 fully saturated rings. The van der Waals surface area contributed by atoms with Gasteiger partial charge in [-0.1, -0.05) is 39.0 Å². The number of aryl methyl sites for hydroxylation is 1. The maximum atomic E-state index is 13.3. The Morgan fingerprint density at radius 2 is 1.85 bits per heavy atom. The minimum atomic E-state index is 0.123. The summed E-state index contributed by atoms with van der Waals surface area (Å²) >= 11 is 0. The molecule has 0 bridgehead atoms. The van der Waals surface area contributed by atoms with Gasteiger partial charge in [-0.05, 0) is 44.9 Å². The van der Waals surface area contributed by atoms with Gasteiger partial charge in [0.25, 0.3) is 0 Å². The number of hydrogen-bond acceptors (Lipinski definition) is 3. The number of amides is 1. The highest BCUT2D eigenvalue weighted by atomic mass is 16.2. The minimum Gasteiger partial charge on any atom is -0.277 e. The molecule has 1 aliphatic heterocycles. The average molecular weight is 357 g/mol. The topological polar surface area (TPSA) is 51.0 Å². The lowest BCUT2D eigenvalue weighted by Gasteiger charge is -2.55. The summed E-state index contributed by atoms with van der Waals surface area (Å²) in [5, 5.41) is 5.03. The molecule has 5 heteroatoms. The Labute approximate surface area is 156 Å². The molecule has 142 valence electrons. The van der Waals surface area contributed by atoms with Gasteiger partial charge in [-0.25, -0.2) is 4.68 Å². The van der Waals surface area contributed by atoms with Gasteiger partial charge in [-0.3, -0.25) is 9.69 Å². The van der Waals surface area contributed by atoms with E-state index >= 15 is 0 Å². The van der Waals surface area contributed by atoms with Crippen LogP contribution >= 0.6 is 0 Å². The number of carbonyl (C=O) groups is 1. The minimum absolute atomic E-state index is 0.123. The van der Waals surface area contributed by atoms with Gasteiger partial charge in [0.15, 0.2) is 5.82 Å². The molecule has 2 heterocycles. The SMILES string of the molecule is CCCc1nc2n(n1)C1(CCCCC1)C1CCCCC1N2C(=O)C1CC1. The fourth-order valence-electron chi connectivity index (χ4n) is 6.02. The normalized spacial score (nSPS) is 30.1. The summed E-state index contributed by atoms with van der Waals surface area (Å²) in [6.07, 6.45) is 15.4. The third kappa shape index (κ3) is 2.45. The Bertz CT molecular complexity index is 686. The first-order chi connectivity index (χ1) is 12.7. The smallest absolute Gasteiger partial charge is 0.232 e. The van der Waals surface area contributed by atoms with Gasteiger partial charge in [0, 0.05) is 24.3 Å².